The van der Waals surface area contributed by atoms with Gasteiger partial charge in [0.05, 0.1) is 19.8 Å². The van der Waals surface area contributed by atoms with E-state index in [0.29, 0.717) is 13.2 Å². The number of hydrogen-bond acceptors (Lipinski definition) is 3. The molecule has 2 bridgehead atoms. The number of hydrogen-bond donors (Lipinski definition) is 1. The van der Waals surface area contributed by atoms with Crippen molar-refractivity contribution in [3.05, 3.63) is 24.3 Å². The maximum Gasteiger partial charge on any atom is 0.127 e. The Kier molecular flexibility index (Phi) is 2.63. The van der Waals surface area contributed by atoms with Crippen LogP contribution in [0.3, 0.4) is 0 Å². The van der Waals surface area contributed by atoms with Crippen LogP contribution >= 0.6 is 11.6 Å². The monoisotopic (exact) mass is 214 g/mol. The van der Waals surface area contributed by atoms with E-state index in [-0.39, 0.29) is 6.61 Å². The molecule has 0 saturated carbocycles. The van der Waals surface area contributed by atoms with E-state index in [1.807, 2.05) is 24.3 Å². The first-order valence-corrected chi connectivity index (χ1v) is 4.75. The molecule has 1 N–H and O–H groups in total. The molecule has 4 heteroatoms. The van der Waals surface area contributed by atoms with Crippen molar-refractivity contribution < 1.29 is 14.3 Å². The summed E-state index contributed by atoms with van der Waals surface area (Å²) in [7, 11) is 0. The second-order valence-corrected chi connectivity index (χ2v) is 4.18. The Bertz CT molecular complexity index is 330. The zero-order valence-corrected chi connectivity index (χ0v) is 8.33. The number of furan rings is 2. The molecule has 3 heterocycles. The van der Waals surface area contributed by atoms with Crippen molar-refractivity contribution in [3.63, 3.8) is 0 Å². The molecule has 0 amide bonds. The van der Waals surface area contributed by atoms with Crippen molar-refractivity contribution in [1.82, 2.24) is 0 Å². The molecule has 0 spiro atoms. The third-order valence-corrected chi connectivity index (χ3v) is 2.40. The SMILES string of the molecule is OCC1(Cl)COC1.c1cc2ccc1o2. The van der Waals surface area contributed by atoms with E-state index in [1.54, 1.807) is 0 Å². The molecule has 3 rings (SSSR count). The summed E-state index contributed by atoms with van der Waals surface area (Å²) < 4.78 is 9.82. The van der Waals surface area contributed by atoms with Crippen LogP contribution in [0, 0.1) is 0 Å². The van der Waals surface area contributed by atoms with Crippen molar-refractivity contribution in [3.8, 4) is 0 Å². The maximum absolute atomic E-state index is 8.43. The largest absolute Gasteiger partial charge is 0.457 e. The Labute approximate surface area is 86.6 Å². The Morgan fingerprint density at radius 1 is 1.21 bits per heavy atom. The standard InChI is InChI=1S/C6H4O.C4H7ClO2/c1-2-6-4-3-5(1)7-6;5-4(1-6)2-7-3-4/h1-4H;6H,1-3H2. The van der Waals surface area contributed by atoms with Gasteiger partial charge >= 0.3 is 0 Å². The summed E-state index contributed by atoms with van der Waals surface area (Å²) in [5, 5.41) is 8.43. The van der Waals surface area contributed by atoms with Gasteiger partial charge in [-0.25, -0.2) is 0 Å². The number of benzene rings is 1. The molecule has 76 valence electrons. The first-order valence-electron chi connectivity index (χ1n) is 4.37. The minimum atomic E-state index is -0.431. The lowest BCUT2D eigenvalue weighted by atomic mass is 10.1. The normalized spacial score (nSPS) is 18.7. The van der Waals surface area contributed by atoms with Gasteiger partial charge in [-0.2, -0.15) is 0 Å². The fourth-order valence-corrected chi connectivity index (χ4v) is 1.28. The van der Waals surface area contributed by atoms with E-state index in [2.05, 4.69) is 0 Å². The van der Waals surface area contributed by atoms with Gasteiger partial charge in [-0.05, 0) is 24.3 Å². The molecule has 2 aromatic rings. The summed E-state index contributed by atoms with van der Waals surface area (Å²) in [5.74, 6) is 0. The van der Waals surface area contributed by atoms with Crippen LogP contribution in [0.15, 0.2) is 28.7 Å². The third-order valence-electron chi connectivity index (χ3n) is 2.06. The molecule has 0 atom stereocenters. The number of halogens is 1. The van der Waals surface area contributed by atoms with Crippen LogP contribution in [0.2, 0.25) is 0 Å². The molecule has 3 nitrogen and oxygen atoms in total. The summed E-state index contributed by atoms with van der Waals surface area (Å²) in [4.78, 5) is -0.431. The molecule has 1 aliphatic heterocycles. The van der Waals surface area contributed by atoms with Crippen LogP contribution in [-0.4, -0.2) is 29.8 Å². The molecular weight excluding hydrogens is 204 g/mol. The minimum Gasteiger partial charge on any atom is -0.457 e. The Morgan fingerprint density at radius 3 is 1.79 bits per heavy atom. The topological polar surface area (TPSA) is 42.6 Å². The van der Waals surface area contributed by atoms with Gasteiger partial charge in [-0.3, -0.25) is 0 Å². The lowest BCUT2D eigenvalue weighted by Crippen LogP contribution is -2.47. The van der Waals surface area contributed by atoms with Crippen molar-refractivity contribution in [2.45, 2.75) is 4.87 Å². The first-order chi connectivity index (χ1) is 6.72. The van der Waals surface area contributed by atoms with Gasteiger partial charge < -0.3 is 14.3 Å². The summed E-state index contributed by atoms with van der Waals surface area (Å²) in [6.45, 7) is 1.00. The average Bonchev–Trinajstić information content (AvgIpc) is 2.78. The average molecular weight is 215 g/mol. The van der Waals surface area contributed by atoms with E-state index in [0.717, 1.165) is 11.2 Å². The van der Waals surface area contributed by atoms with Crippen LogP contribution in [0.25, 0.3) is 11.2 Å². The molecule has 14 heavy (non-hydrogen) atoms. The maximum atomic E-state index is 8.43. The molecule has 0 aliphatic carbocycles. The summed E-state index contributed by atoms with van der Waals surface area (Å²) >= 11 is 5.62. The Hall–Kier alpha value is -0.770. The van der Waals surface area contributed by atoms with E-state index < -0.39 is 4.87 Å². The zero-order chi connectivity index (χ0) is 10.0. The van der Waals surface area contributed by atoms with Crippen LogP contribution in [0.5, 0.6) is 0 Å². The number of alkyl halides is 1. The lowest BCUT2D eigenvalue weighted by molar-refractivity contribution is -0.0362. The van der Waals surface area contributed by atoms with Crippen LogP contribution in [0.4, 0.5) is 0 Å². The fourth-order valence-electron chi connectivity index (χ4n) is 1.13. The van der Waals surface area contributed by atoms with Crippen LogP contribution in [-0.2, 0) is 4.74 Å². The number of aliphatic hydroxyl groups excluding tert-OH is 1. The highest BCUT2D eigenvalue weighted by Crippen LogP contribution is 2.23. The molecular formula is C10H11ClO3. The van der Waals surface area contributed by atoms with Gasteiger partial charge in [-0.1, -0.05) is 0 Å². The molecule has 0 aromatic carbocycles. The zero-order valence-electron chi connectivity index (χ0n) is 7.57. The number of fused-ring (bicyclic) bond motifs is 2. The smallest absolute Gasteiger partial charge is 0.127 e. The lowest BCUT2D eigenvalue weighted by Gasteiger charge is -2.33. The highest BCUT2D eigenvalue weighted by Gasteiger charge is 2.35. The number of rotatable bonds is 1. The summed E-state index contributed by atoms with van der Waals surface area (Å²) in [6.07, 6.45) is 0. The quantitative estimate of drug-likeness (QED) is 0.737. The Balaban J connectivity index is 0.000000107. The van der Waals surface area contributed by atoms with Gasteiger partial charge in [0, 0.05) is 0 Å². The van der Waals surface area contributed by atoms with E-state index >= 15 is 0 Å². The second-order valence-electron chi connectivity index (χ2n) is 3.38. The van der Waals surface area contributed by atoms with Gasteiger partial charge in [0.15, 0.2) is 0 Å². The second kappa shape index (κ2) is 3.77. The van der Waals surface area contributed by atoms with E-state index in [1.165, 1.54) is 0 Å². The predicted molar refractivity (Wildman–Crippen MR) is 53.9 cm³/mol. The van der Waals surface area contributed by atoms with E-state index in [9.17, 15) is 0 Å². The van der Waals surface area contributed by atoms with Crippen molar-refractivity contribution in [1.29, 1.82) is 0 Å². The van der Waals surface area contributed by atoms with Gasteiger partial charge in [-0.15, -0.1) is 11.6 Å². The van der Waals surface area contributed by atoms with E-state index in [4.69, 9.17) is 25.9 Å². The summed E-state index contributed by atoms with van der Waals surface area (Å²) in [5.41, 5.74) is 1.94. The molecule has 0 radical (unpaired) electrons. The fraction of sp³-hybridized carbons (Fsp3) is 0.400. The molecule has 1 aliphatic rings. The molecule has 2 aromatic heterocycles. The third kappa shape index (κ3) is 2.00. The minimum absolute atomic E-state index is 0.0224. The number of ether oxygens (including phenoxy) is 1. The highest BCUT2D eigenvalue weighted by molar-refractivity contribution is 6.24. The van der Waals surface area contributed by atoms with Crippen LogP contribution in [0.1, 0.15) is 0 Å². The van der Waals surface area contributed by atoms with Crippen LogP contribution < -0.4 is 0 Å². The van der Waals surface area contributed by atoms with Crippen molar-refractivity contribution >= 4 is 22.8 Å². The van der Waals surface area contributed by atoms with Crippen molar-refractivity contribution in [2.75, 3.05) is 19.8 Å². The van der Waals surface area contributed by atoms with Gasteiger partial charge in [0.1, 0.15) is 16.0 Å². The van der Waals surface area contributed by atoms with Gasteiger partial charge in [0.25, 0.3) is 0 Å². The van der Waals surface area contributed by atoms with Crippen molar-refractivity contribution in [2.24, 2.45) is 0 Å². The van der Waals surface area contributed by atoms with Gasteiger partial charge in [0.2, 0.25) is 0 Å². The molecule has 0 unspecified atom stereocenters. The number of aliphatic hydroxyl groups is 1. The highest BCUT2D eigenvalue weighted by atomic mass is 35.5. The molecule has 1 fully saturated rings. The molecule has 1 saturated heterocycles. The summed E-state index contributed by atoms with van der Waals surface area (Å²) in [6, 6.07) is 7.81. The Morgan fingerprint density at radius 2 is 1.71 bits per heavy atom. The predicted octanol–water partition coefficient (Wildman–Crippen LogP) is 1.86. The first kappa shape index (κ1) is 9.77.